The minimum absolute atomic E-state index is 0.00248. The summed E-state index contributed by atoms with van der Waals surface area (Å²) in [5, 5.41) is 0. The van der Waals surface area contributed by atoms with Gasteiger partial charge in [-0.2, -0.15) is 0 Å². The van der Waals surface area contributed by atoms with Crippen LogP contribution in [0, 0.1) is 22.7 Å². The Morgan fingerprint density at radius 2 is 2.00 bits per heavy atom. The average molecular weight is 194 g/mol. The first-order chi connectivity index (χ1) is 6.45. The van der Waals surface area contributed by atoms with E-state index < -0.39 is 0 Å². The van der Waals surface area contributed by atoms with Crippen LogP contribution in [0.4, 0.5) is 0 Å². The zero-order chi connectivity index (χ0) is 10.6. The van der Waals surface area contributed by atoms with Gasteiger partial charge in [0.25, 0.3) is 0 Å². The van der Waals surface area contributed by atoms with Gasteiger partial charge in [0, 0.05) is 11.3 Å². The van der Waals surface area contributed by atoms with Crippen molar-refractivity contribution in [3.05, 3.63) is 0 Å². The molecule has 0 spiro atoms. The van der Waals surface area contributed by atoms with Gasteiger partial charge in [-0.1, -0.05) is 34.1 Å². The molecule has 1 heteroatoms. The number of carbonyl (C=O) groups is 1. The smallest absolute Gasteiger partial charge is 0.142 e. The van der Waals surface area contributed by atoms with Gasteiger partial charge in [0.1, 0.15) is 5.78 Å². The second kappa shape index (κ2) is 2.84. The number of hydrogen-bond acceptors (Lipinski definition) is 1. The SMILES string of the molecule is CCC[C@H]1C(=O)[C@]2(C)CC[C@@H]1C2(C)C. The van der Waals surface area contributed by atoms with E-state index in [0.29, 0.717) is 17.6 Å². The molecule has 0 radical (unpaired) electrons. The Labute approximate surface area is 87.3 Å². The van der Waals surface area contributed by atoms with Crippen LogP contribution in [-0.4, -0.2) is 5.78 Å². The van der Waals surface area contributed by atoms with E-state index in [0.717, 1.165) is 19.3 Å². The van der Waals surface area contributed by atoms with Gasteiger partial charge in [-0.3, -0.25) is 4.79 Å². The highest BCUT2D eigenvalue weighted by molar-refractivity contribution is 5.91. The first kappa shape index (κ1) is 10.2. The Balaban J connectivity index is 2.34. The van der Waals surface area contributed by atoms with Gasteiger partial charge in [-0.25, -0.2) is 0 Å². The van der Waals surface area contributed by atoms with Gasteiger partial charge >= 0.3 is 0 Å². The van der Waals surface area contributed by atoms with Crippen molar-refractivity contribution in [3.63, 3.8) is 0 Å². The fraction of sp³-hybridized carbons (Fsp3) is 0.923. The van der Waals surface area contributed by atoms with Gasteiger partial charge in [-0.15, -0.1) is 0 Å². The van der Waals surface area contributed by atoms with E-state index in [1.165, 1.54) is 6.42 Å². The minimum atomic E-state index is -0.00248. The highest BCUT2D eigenvalue weighted by Crippen LogP contribution is 2.66. The van der Waals surface area contributed by atoms with Crippen molar-refractivity contribution in [2.24, 2.45) is 22.7 Å². The van der Waals surface area contributed by atoms with Crippen molar-refractivity contribution in [3.8, 4) is 0 Å². The predicted octanol–water partition coefficient (Wildman–Crippen LogP) is 3.43. The molecule has 0 aromatic heterocycles. The summed E-state index contributed by atoms with van der Waals surface area (Å²) in [5.41, 5.74) is 0.251. The topological polar surface area (TPSA) is 17.1 Å². The molecule has 14 heavy (non-hydrogen) atoms. The lowest BCUT2D eigenvalue weighted by Gasteiger charge is -2.32. The zero-order valence-electron chi connectivity index (χ0n) is 9.89. The summed E-state index contributed by atoms with van der Waals surface area (Å²) in [4.78, 5) is 12.3. The number of carbonyl (C=O) groups excluding carboxylic acids is 1. The summed E-state index contributed by atoms with van der Waals surface area (Å²) in [6.45, 7) is 9.00. The fourth-order valence-corrected chi connectivity index (χ4v) is 3.92. The quantitative estimate of drug-likeness (QED) is 0.658. The Kier molecular flexibility index (Phi) is 2.06. The zero-order valence-corrected chi connectivity index (χ0v) is 9.89. The maximum atomic E-state index is 12.3. The van der Waals surface area contributed by atoms with Crippen LogP contribution in [0.5, 0.6) is 0 Å². The van der Waals surface area contributed by atoms with Crippen molar-refractivity contribution in [1.82, 2.24) is 0 Å². The molecule has 0 N–H and O–H groups in total. The molecule has 2 saturated carbocycles. The molecular weight excluding hydrogens is 172 g/mol. The molecule has 0 aromatic rings. The Hall–Kier alpha value is -0.330. The Morgan fingerprint density at radius 3 is 2.43 bits per heavy atom. The molecule has 0 amide bonds. The van der Waals surface area contributed by atoms with E-state index in [1.807, 2.05) is 0 Å². The molecule has 2 aliphatic carbocycles. The summed E-state index contributed by atoms with van der Waals surface area (Å²) < 4.78 is 0. The first-order valence-electron chi connectivity index (χ1n) is 5.99. The largest absolute Gasteiger partial charge is 0.299 e. The standard InChI is InChI=1S/C13H22O/c1-5-6-9-10-7-8-13(4,11(9)14)12(10,2)3/h9-10H,5-8H2,1-4H3/t9-,10+,13+/m1/s1. The van der Waals surface area contributed by atoms with Crippen LogP contribution in [0.1, 0.15) is 53.4 Å². The molecule has 0 unspecified atom stereocenters. The van der Waals surface area contributed by atoms with E-state index >= 15 is 0 Å². The van der Waals surface area contributed by atoms with Crippen LogP contribution in [0.2, 0.25) is 0 Å². The Bertz CT molecular complexity index is 266. The van der Waals surface area contributed by atoms with Crippen molar-refractivity contribution < 1.29 is 4.79 Å². The molecule has 0 saturated heterocycles. The van der Waals surface area contributed by atoms with Crippen LogP contribution in [-0.2, 0) is 4.79 Å². The highest BCUT2D eigenvalue weighted by Gasteiger charge is 2.65. The second-order valence-corrected chi connectivity index (χ2v) is 5.96. The maximum Gasteiger partial charge on any atom is 0.142 e. The number of rotatable bonds is 2. The summed E-state index contributed by atoms with van der Waals surface area (Å²) in [7, 11) is 0. The van der Waals surface area contributed by atoms with E-state index in [9.17, 15) is 4.79 Å². The fourth-order valence-electron chi connectivity index (χ4n) is 3.92. The number of ketones is 1. The highest BCUT2D eigenvalue weighted by atomic mass is 16.1. The van der Waals surface area contributed by atoms with Crippen molar-refractivity contribution in [2.45, 2.75) is 53.4 Å². The molecule has 2 rings (SSSR count). The number of Topliss-reactive ketones (excluding diaryl/α,β-unsaturated/α-hetero) is 1. The molecule has 0 aliphatic heterocycles. The maximum absolute atomic E-state index is 12.3. The summed E-state index contributed by atoms with van der Waals surface area (Å²) in [6.07, 6.45) is 4.67. The van der Waals surface area contributed by atoms with Gasteiger partial charge in [0.05, 0.1) is 0 Å². The molecular formula is C13H22O. The van der Waals surface area contributed by atoms with E-state index in [-0.39, 0.29) is 10.8 Å². The number of fused-ring (bicyclic) bond motifs is 2. The lowest BCUT2D eigenvalue weighted by atomic mass is 9.70. The van der Waals surface area contributed by atoms with Gasteiger partial charge < -0.3 is 0 Å². The number of hydrogen-bond donors (Lipinski definition) is 0. The van der Waals surface area contributed by atoms with Crippen LogP contribution >= 0.6 is 0 Å². The molecule has 80 valence electrons. The lowest BCUT2D eigenvalue weighted by Crippen LogP contribution is -2.33. The molecule has 2 fully saturated rings. The summed E-state index contributed by atoms with van der Waals surface area (Å²) in [6, 6.07) is 0. The van der Waals surface area contributed by atoms with Crippen molar-refractivity contribution >= 4 is 5.78 Å². The predicted molar refractivity (Wildman–Crippen MR) is 58.0 cm³/mol. The molecule has 1 nitrogen and oxygen atoms in total. The third kappa shape index (κ3) is 0.936. The minimum Gasteiger partial charge on any atom is -0.299 e. The lowest BCUT2D eigenvalue weighted by molar-refractivity contribution is -0.131. The van der Waals surface area contributed by atoms with E-state index in [4.69, 9.17) is 0 Å². The molecule has 2 aliphatic rings. The van der Waals surface area contributed by atoms with E-state index in [1.54, 1.807) is 0 Å². The van der Waals surface area contributed by atoms with Gasteiger partial charge in [-0.05, 0) is 30.6 Å². The molecule has 3 atom stereocenters. The van der Waals surface area contributed by atoms with Gasteiger partial charge in [0.2, 0.25) is 0 Å². The van der Waals surface area contributed by atoms with Crippen molar-refractivity contribution in [2.75, 3.05) is 0 Å². The monoisotopic (exact) mass is 194 g/mol. The Morgan fingerprint density at radius 1 is 1.36 bits per heavy atom. The summed E-state index contributed by atoms with van der Waals surface area (Å²) >= 11 is 0. The van der Waals surface area contributed by atoms with Crippen molar-refractivity contribution in [1.29, 1.82) is 0 Å². The average Bonchev–Trinajstić information content (AvgIpc) is 2.41. The van der Waals surface area contributed by atoms with Gasteiger partial charge in [0.15, 0.2) is 0 Å². The molecule has 0 heterocycles. The van der Waals surface area contributed by atoms with Crippen LogP contribution in [0.3, 0.4) is 0 Å². The molecule has 0 aromatic carbocycles. The second-order valence-electron chi connectivity index (χ2n) is 5.96. The third-order valence-electron chi connectivity index (χ3n) is 5.27. The van der Waals surface area contributed by atoms with Crippen LogP contribution in [0.15, 0.2) is 0 Å². The summed E-state index contributed by atoms with van der Waals surface area (Å²) in [5.74, 6) is 1.62. The van der Waals surface area contributed by atoms with Crippen LogP contribution in [0.25, 0.3) is 0 Å². The van der Waals surface area contributed by atoms with Crippen LogP contribution < -0.4 is 0 Å². The van der Waals surface area contributed by atoms with E-state index in [2.05, 4.69) is 27.7 Å². The first-order valence-corrected chi connectivity index (χ1v) is 5.99. The third-order valence-corrected chi connectivity index (χ3v) is 5.27. The molecule has 2 bridgehead atoms. The normalized spacial score (nSPS) is 44.7.